The minimum atomic E-state index is -0.570. The van der Waals surface area contributed by atoms with Gasteiger partial charge in [-0.3, -0.25) is 14.4 Å². The number of amides is 2. The molecule has 1 saturated heterocycles. The first-order chi connectivity index (χ1) is 13.3. The molecule has 0 aromatic heterocycles. The first-order valence-corrected chi connectivity index (χ1v) is 9.24. The zero-order valence-electron chi connectivity index (χ0n) is 16.3. The molecule has 0 unspecified atom stereocenters. The van der Waals surface area contributed by atoms with Crippen molar-refractivity contribution in [3.05, 3.63) is 59.2 Å². The number of hydrogen-bond donors (Lipinski definition) is 1. The van der Waals surface area contributed by atoms with Crippen LogP contribution in [0.3, 0.4) is 0 Å². The fourth-order valence-corrected chi connectivity index (χ4v) is 3.20. The topological polar surface area (TPSA) is 75.7 Å². The summed E-state index contributed by atoms with van der Waals surface area (Å²) in [5.41, 5.74) is 4.57. The van der Waals surface area contributed by atoms with Crippen LogP contribution in [0.4, 0.5) is 11.4 Å². The fraction of sp³-hybridized carbons (Fsp3) is 0.318. The van der Waals surface area contributed by atoms with Crippen molar-refractivity contribution in [1.29, 1.82) is 0 Å². The van der Waals surface area contributed by atoms with Gasteiger partial charge in [-0.25, -0.2) is 0 Å². The maximum Gasteiger partial charge on any atom is 0.311 e. The molecule has 0 spiro atoms. The van der Waals surface area contributed by atoms with Crippen LogP contribution in [-0.4, -0.2) is 30.9 Å². The van der Waals surface area contributed by atoms with E-state index in [2.05, 4.69) is 5.32 Å². The van der Waals surface area contributed by atoms with Crippen LogP contribution in [0.25, 0.3) is 0 Å². The van der Waals surface area contributed by atoms with E-state index in [-0.39, 0.29) is 25.5 Å². The third-order valence-corrected chi connectivity index (χ3v) is 4.79. The molecule has 1 aliphatic rings. The zero-order valence-corrected chi connectivity index (χ0v) is 16.3. The van der Waals surface area contributed by atoms with Gasteiger partial charge >= 0.3 is 5.97 Å². The van der Waals surface area contributed by atoms with Crippen molar-refractivity contribution in [2.45, 2.75) is 27.2 Å². The van der Waals surface area contributed by atoms with Crippen molar-refractivity contribution in [2.24, 2.45) is 5.92 Å². The van der Waals surface area contributed by atoms with E-state index in [4.69, 9.17) is 4.74 Å². The van der Waals surface area contributed by atoms with E-state index in [0.717, 1.165) is 22.4 Å². The van der Waals surface area contributed by atoms with E-state index in [0.29, 0.717) is 5.69 Å². The van der Waals surface area contributed by atoms with Gasteiger partial charge in [0.2, 0.25) is 5.91 Å². The van der Waals surface area contributed by atoms with Crippen molar-refractivity contribution in [3.8, 4) is 0 Å². The van der Waals surface area contributed by atoms with Crippen LogP contribution in [0.1, 0.15) is 23.1 Å². The molecule has 2 amide bonds. The van der Waals surface area contributed by atoms with Gasteiger partial charge in [-0.05, 0) is 50.1 Å². The van der Waals surface area contributed by atoms with Crippen LogP contribution in [0.2, 0.25) is 0 Å². The van der Waals surface area contributed by atoms with Gasteiger partial charge < -0.3 is 15.0 Å². The molecular weight excluding hydrogens is 356 g/mol. The van der Waals surface area contributed by atoms with Gasteiger partial charge in [0, 0.05) is 24.3 Å². The molecule has 2 aromatic rings. The molecule has 6 heteroatoms. The lowest BCUT2D eigenvalue weighted by atomic mass is 10.1. The number of nitrogens with one attached hydrogen (secondary N) is 1. The Morgan fingerprint density at radius 1 is 1.07 bits per heavy atom. The Hall–Kier alpha value is -3.15. The van der Waals surface area contributed by atoms with Gasteiger partial charge in [-0.2, -0.15) is 0 Å². The largest absolute Gasteiger partial charge is 0.455 e. The zero-order chi connectivity index (χ0) is 20.3. The Balaban J connectivity index is 1.55. The number of hydrogen-bond acceptors (Lipinski definition) is 4. The highest BCUT2D eigenvalue weighted by Crippen LogP contribution is 2.29. The molecule has 1 fully saturated rings. The highest BCUT2D eigenvalue weighted by Gasteiger charge is 2.36. The molecule has 2 aromatic carbocycles. The maximum atomic E-state index is 12.4. The smallest absolute Gasteiger partial charge is 0.311 e. The second-order valence-electron chi connectivity index (χ2n) is 7.22. The van der Waals surface area contributed by atoms with Crippen LogP contribution in [0.15, 0.2) is 42.5 Å². The minimum absolute atomic E-state index is 0.0891. The number of aryl methyl sites for hydroxylation is 3. The Kier molecular flexibility index (Phi) is 5.78. The van der Waals surface area contributed by atoms with Gasteiger partial charge in [0.15, 0.2) is 6.61 Å². The minimum Gasteiger partial charge on any atom is -0.455 e. The van der Waals surface area contributed by atoms with Crippen molar-refractivity contribution >= 4 is 29.2 Å². The standard InChI is InChI=1S/C22H24N2O4/c1-14-5-8-18(9-6-14)23-20(25)13-28-22(27)17-11-21(26)24(12-17)19-10-15(2)4-7-16(19)3/h4-10,17H,11-13H2,1-3H3,(H,23,25)/t17-/m0/s1. The van der Waals surface area contributed by atoms with Crippen molar-refractivity contribution in [1.82, 2.24) is 0 Å². The third-order valence-electron chi connectivity index (χ3n) is 4.79. The summed E-state index contributed by atoms with van der Waals surface area (Å²) in [6, 6.07) is 13.2. The summed E-state index contributed by atoms with van der Waals surface area (Å²) >= 11 is 0. The number of nitrogens with zero attached hydrogens (tertiary/aromatic N) is 1. The molecule has 1 heterocycles. The summed E-state index contributed by atoms with van der Waals surface area (Å²) in [6.45, 7) is 5.74. The van der Waals surface area contributed by atoms with Crippen molar-refractivity contribution in [3.63, 3.8) is 0 Å². The summed E-state index contributed by atoms with van der Waals surface area (Å²) in [5.74, 6) is -1.62. The number of rotatable bonds is 5. The number of carbonyl (C=O) groups is 3. The first kappa shape index (κ1) is 19.6. The average Bonchev–Trinajstić information content (AvgIpc) is 3.05. The van der Waals surface area contributed by atoms with Crippen molar-refractivity contribution < 1.29 is 19.1 Å². The van der Waals surface area contributed by atoms with Gasteiger partial charge in [0.05, 0.1) is 5.92 Å². The Morgan fingerprint density at radius 3 is 2.46 bits per heavy atom. The SMILES string of the molecule is Cc1ccc(NC(=O)COC(=O)[C@H]2CC(=O)N(c3cc(C)ccc3C)C2)cc1. The number of esters is 1. The molecule has 0 radical (unpaired) electrons. The summed E-state index contributed by atoms with van der Waals surface area (Å²) in [4.78, 5) is 38.3. The molecule has 6 nitrogen and oxygen atoms in total. The number of carbonyl (C=O) groups excluding carboxylic acids is 3. The summed E-state index contributed by atoms with van der Waals surface area (Å²) < 4.78 is 5.14. The second kappa shape index (κ2) is 8.25. The number of benzene rings is 2. The van der Waals surface area contributed by atoms with Crippen LogP contribution < -0.4 is 10.2 Å². The van der Waals surface area contributed by atoms with Crippen molar-refractivity contribution in [2.75, 3.05) is 23.4 Å². The van der Waals surface area contributed by atoms with Crippen LogP contribution >= 0.6 is 0 Å². The second-order valence-corrected chi connectivity index (χ2v) is 7.22. The lowest BCUT2D eigenvalue weighted by Crippen LogP contribution is -2.28. The molecule has 0 aliphatic carbocycles. The van der Waals surface area contributed by atoms with Gasteiger partial charge in [-0.1, -0.05) is 29.8 Å². The molecule has 1 aliphatic heterocycles. The predicted molar refractivity (Wildman–Crippen MR) is 107 cm³/mol. The van der Waals surface area contributed by atoms with E-state index < -0.39 is 17.8 Å². The molecule has 3 rings (SSSR count). The summed E-state index contributed by atoms with van der Waals surface area (Å²) in [5, 5.41) is 2.68. The van der Waals surface area contributed by atoms with Crippen LogP contribution in [0.5, 0.6) is 0 Å². The molecule has 0 saturated carbocycles. The van der Waals surface area contributed by atoms with Crippen LogP contribution in [-0.2, 0) is 19.1 Å². The van der Waals surface area contributed by atoms with Gasteiger partial charge in [-0.15, -0.1) is 0 Å². The monoisotopic (exact) mass is 380 g/mol. The summed E-state index contributed by atoms with van der Waals surface area (Å²) in [7, 11) is 0. The van der Waals surface area contributed by atoms with Gasteiger partial charge in [0.25, 0.3) is 5.91 Å². The normalized spacial score (nSPS) is 16.2. The van der Waals surface area contributed by atoms with E-state index >= 15 is 0 Å². The molecule has 146 valence electrons. The Morgan fingerprint density at radius 2 is 1.75 bits per heavy atom. The lowest BCUT2D eigenvalue weighted by Gasteiger charge is -2.19. The fourth-order valence-electron chi connectivity index (χ4n) is 3.20. The molecule has 28 heavy (non-hydrogen) atoms. The quantitative estimate of drug-likeness (QED) is 0.809. The third kappa shape index (κ3) is 4.57. The van der Waals surface area contributed by atoms with E-state index in [9.17, 15) is 14.4 Å². The lowest BCUT2D eigenvalue weighted by molar-refractivity contribution is -0.151. The molecular formula is C22H24N2O4. The van der Waals surface area contributed by atoms with Crippen LogP contribution in [0, 0.1) is 26.7 Å². The highest BCUT2D eigenvalue weighted by atomic mass is 16.5. The number of ether oxygens (including phenoxy) is 1. The average molecular weight is 380 g/mol. The first-order valence-electron chi connectivity index (χ1n) is 9.24. The number of anilines is 2. The van der Waals surface area contributed by atoms with E-state index in [1.807, 2.05) is 51.1 Å². The maximum absolute atomic E-state index is 12.4. The predicted octanol–water partition coefficient (Wildman–Crippen LogP) is 3.15. The van der Waals surface area contributed by atoms with E-state index in [1.165, 1.54) is 0 Å². The van der Waals surface area contributed by atoms with Gasteiger partial charge in [0.1, 0.15) is 0 Å². The Labute approximate surface area is 164 Å². The molecule has 0 bridgehead atoms. The summed E-state index contributed by atoms with van der Waals surface area (Å²) in [6.07, 6.45) is 0.0891. The Bertz CT molecular complexity index is 905. The van der Waals surface area contributed by atoms with E-state index in [1.54, 1.807) is 17.0 Å². The molecule has 1 atom stereocenters. The molecule has 1 N–H and O–H groups in total. The highest BCUT2D eigenvalue weighted by molar-refractivity contribution is 6.00.